The van der Waals surface area contributed by atoms with Crippen LogP contribution >= 0.6 is 0 Å². The number of carboxylic acid groups (broad SMARTS) is 2. The molecule has 0 saturated carbocycles. The Morgan fingerprint density at radius 2 is 0.880 bits per heavy atom. The highest BCUT2D eigenvalue weighted by Gasteiger charge is 2.43. The summed E-state index contributed by atoms with van der Waals surface area (Å²) in [6.07, 6.45) is 1.00. The first-order valence-electron chi connectivity index (χ1n) is 34.2. The van der Waals surface area contributed by atoms with Crippen LogP contribution in [0.4, 0.5) is 0 Å². The van der Waals surface area contributed by atoms with E-state index in [0.29, 0.717) is 35.4 Å². The van der Waals surface area contributed by atoms with Crippen LogP contribution in [0.5, 0.6) is 69.1 Å². The Labute approximate surface area is 609 Å². The molecule has 0 bridgehead atoms. The summed E-state index contributed by atoms with van der Waals surface area (Å²) in [7, 11) is 2.52. The molecular formula is C78H72N6O24. The fraction of sp³-hybridized carbons (Fsp3) is 0.282. The van der Waals surface area contributed by atoms with Crippen LogP contribution in [0.25, 0.3) is 86.2 Å². The van der Waals surface area contributed by atoms with Crippen LogP contribution < -0.4 is 31.1 Å². The number of aromatic hydroxyl groups is 10. The zero-order valence-electron chi connectivity index (χ0n) is 59.5. The molecule has 2 saturated heterocycles. The number of phenols is 9. The zero-order chi connectivity index (χ0) is 78.5. The van der Waals surface area contributed by atoms with E-state index in [1.807, 2.05) is 20.8 Å². The summed E-state index contributed by atoms with van der Waals surface area (Å²) in [6.45, 7) is 11.4. The van der Waals surface area contributed by atoms with Crippen molar-refractivity contribution in [3.05, 3.63) is 126 Å². The van der Waals surface area contributed by atoms with Gasteiger partial charge in [0.25, 0.3) is 5.56 Å². The first-order valence-corrected chi connectivity index (χ1v) is 34.2. The van der Waals surface area contributed by atoms with E-state index < -0.39 is 164 Å². The Kier molecular flexibility index (Phi) is 17.9. The molecule has 30 heteroatoms. The highest BCUT2D eigenvalue weighted by molar-refractivity contribution is 6.36. The van der Waals surface area contributed by atoms with Gasteiger partial charge in [0, 0.05) is 76.2 Å². The van der Waals surface area contributed by atoms with Crippen LogP contribution in [0.15, 0.2) is 70.3 Å². The minimum Gasteiger partial charge on any atom is -0.507 e. The van der Waals surface area contributed by atoms with E-state index in [-0.39, 0.29) is 134 Å². The molecular weight excluding hydrogens is 1400 g/mol. The van der Waals surface area contributed by atoms with Crippen LogP contribution in [-0.4, -0.2) is 179 Å². The third-order valence-electron chi connectivity index (χ3n) is 21.6. The smallest absolute Gasteiger partial charge is 0.328 e. The SMILES string of the molecule is CCC(C)c1cc2c(O)c3ccc4c(OC)c5c(=O)c6c(C)ccc(O)c6c(O)c5c(O)c4c3c(O)c2c(O)n1CC(=O)N1CC(C(=O)O)NC(=O)C1C.CCC(C)c1cc2c(O)c3ccc4c(OC)c5c(c(O)c4c3c(O)c2c(=O)n1CC(=O)N1CC(C(=O)O)NC(=O)C1C)C(=O)c1c(O)ccc(C)c1C5=O. The number of aliphatic carboxylic acids is 2. The lowest BCUT2D eigenvalue weighted by atomic mass is 9.78. The van der Waals surface area contributed by atoms with Gasteiger partial charge in [-0.3, -0.25) is 38.4 Å². The predicted molar refractivity (Wildman–Crippen MR) is 393 cm³/mol. The lowest BCUT2D eigenvalue weighted by Gasteiger charge is -2.36. The molecule has 1 aliphatic carbocycles. The van der Waals surface area contributed by atoms with E-state index in [9.17, 15) is 109 Å². The normalized spacial score (nSPS) is 17.1. The number of nitrogens with zero attached hydrogens (tertiary/aromatic N) is 4. The second-order valence-electron chi connectivity index (χ2n) is 27.5. The van der Waals surface area contributed by atoms with E-state index in [2.05, 4.69) is 10.6 Å². The average molecular weight is 1480 g/mol. The van der Waals surface area contributed by atoms with Gasteiger partial charge >= 0.3 is 11.9 Å². The summed E-state index contributed by atoms with van der Waals surface area (Å²) in [4.78, 5) is 135. The van der Waals surface area contributed by atoms with E-state index in [1.54, 1.807) is 20.8 Å². The van der Waals surface area contributed by atoms with Gasteiger partial charge < -0.3 is 100 Å². The van der Waals surface area contributed by atoms with E-state index >= 15 is 0 Å². The number of fused-ring (bicyclic) bond motifs is 12. The largest absolute Gasteiger partial charge is 0.507 e. The number of carboxylic acids is 2. The minimum absolute atomic E-state index is 0.00326. The number of hydrogen-bond donors (Lipinski definition) is 14. The molecule has 14 rings (SSSR count). The summed E-state index contributed by atoms with van der Waals surface area (Å²) in [6, 6.07) is 9.42. The number of piperazine rings is 2. The van der Waals surface area contributed by atoms with Crippen LogP contribution in [-0.2, 0) is 41.9 Å². The third kappa shape index (κ3) is 10.6. The predicted octanol–water partition coefficient (Wildman–Crippen LogP) is 8.01. The van der Waals surface area contributed by atoms with Crippen LogP contribution in [0.1, 0.15) is 121 Å². The zero-order valence-corrected chi connectivity index (χ0v) is 59.5. The Bertz CT molecular complexity index is 6120. The summed E-state index contributed by atoms with van der Waals surface area (Å²) in [5, 5.41) is 138. The number of carbonyl (C=O) groups excluding carboxylic acids is 6. The lowest BCUT2D eigenvalue weighted by Crippen LogP contribution is -2.63. The Morgan fingerprint density at radius 1 is 0.454 bits per heavy atom. The third-order valence-corrected chi connectivity index (χ3v) is 21.6. The summed E-state index contributed by atoms with van der Waals surface area (Å²) >= 11 is 0. The average Bonchev–Trinajstić information content (AvgIpc) is 0.703. The number of aryl methyl sites for hydroxylation is 2. The fourth-order valence-electron chi connectivity index (χ4n) is 15.5. The number of phenolic OH excluding ortho intramolecular Hbond substituents is 9. The van der Waals surface area contributed by atoms with Gasteiger partial charge in [-0.1, -0.05) is 39.8 Å². The molecule has 6 unspecified atom stereocenters. The quantitative estimate of drug-likeness (QED) is 0.0313. The first kappa shape index (κ1) is 73.0. The molecule has 14 N–H and O–H groups in total. The first-order chi connectivity index (χ1) is 51.1. The molecule has 11 aromatic rings. The second kappa shape index (κ2) is 26.4. The van der Waals surface area contributed by atoms with Crippen molar-refractivity contribution in [1.82, 2.24) is 29.6 Å². The van der Waals surface area contributed by atoms with E-state index in [0.717, 1.165) is 14.4 Å². The van der Waals surface area contributed by atoms with Gasteiger partial charge in [-0.05, 0) is 112 Å². The highest BCUT2D eigenvalue weighted by atomic mass is 16.5. The van der Waals surface area contributed by atoms with Gasteiger partial charge in [0.15, 0.2) is 11.2 Å². The molecule has 2 aromatic heterocycles. The molecule has 108 heavy (non-hydrogen) atoms. The lowest BCUT2D eigenvalue weighted by molar-refractivity contribution is -0.152. The monoisotopic (exact) mass is 1480 g/mol. The van der Waals surface area contributed by atoms with Gasteiger partial charge in [0.2, 0.25) is 35.3 Å². The maximum Gasteiger partial charge on any atom is 0.328 e. The molecule has 9 aromatic carbocycles. The minimum atomic E-state index is -1.38. The summed E-state index contributed by atoms with van der Waals surface area (Å²) in [5.74, 6) is -13.9. The van der Waals surface area contributed by atoms with Crippen molar-refractivity contribution in [2.45, 2.75) is 117 Å². The number of rotatable bonds is 12. The van der Waals surface area contributed by atoms with Crippen LogP contribution in [0.3, 0.4) is 0 Å². The van der Waals surface area contributed by atoms with Gasteiger partial charge in [0.05, 0.1) is 70.9 Å². The molecule has 0 spiro atoms. The van der Waals surface area contributed by atoms with Crippen molar-refractivity contribution in [2.75, 3.05) is 27.3 Å². The molecule has 4 heterocycles. The number of aromatic nitrogens is 2. The van der Waals surface area contributed by atoms with Gasteiger partial charge in [0.1, 0.15) is 101 Å². The summed E-state index contributed by atoms with van der Waals surface area (Å²) < 4.78 is 13.7. The molecule has 2 aliphatic heterocycles. The van der Waals surface area contributed by atoms with Crippen molar-refractivity contribution < 1.29 is 109 Å². The second-order valence-corrected chi connectivity index (χ2v) is 27.5. The number of amides is 4. The maximum absolute atomic E-state index is 14.5. The number of carbonyl (C=O) groups is 8. The number of hydrogen-bond acceptors (Lipinski definition) is 22. The van der Waals surface area contributed by atoms with Crippen LogP contribution in [0.2, 0.25) is 0 Å². The fourth-order valence-corrected chi connectivity index (χ4v) is 15.5. The number of nitrogens with one attached hydrogen (secondary N) is 2. The van der Waals surface area contributed by atoms with Crippen LogP contribution in [0, 0.1) is 13.8 Å². The van der Waals surface area contributed by atoms with Gasteiger partial charge in [-0.2, -0.15) is 0 Å². The van der Waals surface area contributed by atoms with Crippen molar-refractivity contribution in [2.24, 2.45) is 0 Å². The molecule has 558 valence electrons. The highest BCUT2D eigenvalue weighted by Crippen LogP contribution is 2.57. The van der Waals surface area contributed by atoms with Crippen molar-refractivity contribution in [1.29, 1.82) is 0 Å². The number of ketones is 2. The molecule has 6 atom stereocenters. The van der Waals surface area contributed by atoms with Gasteiger partial charge in [-0.15, -0.1) is 0 Å². The van der Waals surface area contributed by atoms with E-state index in [4.69, 9.17) is 9.47 Å². The molecule has 30 nitrogen and oxygen atoms in total. The standard InChI is InChI=1S/C39H37N3O12.C39H35N3O12/c2*1-6-14(2)21-11-19-27(38(51)42(21)13-23(44)41-12-20(39(52)53)40-37(50)16(41)4)33(47)25-17(31(19)45)8-9-18-26(25)34(48)29-30(36(18)54-5)32(46)24-15(3)7-10-22(43)28(24)35(29)49/h7-11,14,16,20,43,45,47-49,51H,6,12-13H2,1-5H3,(H,40,50)(H,52,53);7-11,14,16,20,43,45,47-48H,6,12-13H2,1-5H3,(H,40,50)(H,52,53). The molecule has 0 radical (unpaired) electrons. The van der Waals surface area contributed by atoms with Crippen molar-refractivity contribution >= 4 is 133 Å². The van der Waals surface area contributed by atoms with E-state index in [1.165, 1.54) is 93.3 Å². The van der Waals surface area contributed by atoms with Crippen molar-refractivity contribution in [3.8, 4) is 69.1 Å². The number of methoxy groups -OCH3 is 2. The molecule has 4 amide bonds. The number of benzene rings is 9. The number of pyridine rings is 2. The van der Waals surface area contributed by atoms with Crippen molar-refractivity contribution in [3.63, 3.8) is 0 Å². The summed E-state index contributed by atoms with van der Waals surface area (Å²) in [5.41, 5.74) is -1.24. The number of ether oxygens (including phenoxy) is 2. The molecule has 2 fully saturated rings. The maximum atomic E-state index is 14.5. The Hall–Kier alpha value is -13.3. The Balaban J connectivity index is 0.000000190. The topological polar surface area (TPSA) is 472 Å². The Morgan fingerprint density at radius 3 is 1.40 bits per heavy atom. The molecule has 3 aliphatic rings. The van der Waals surface area contributed by atoms with Gasteiger partial charge in [-0.25, -0.2) is 9.59 Å².